The van der Waals surface area contributed by atoms with Crippen LogP contribution in [-0.4, -0.2) is 54.2 Å². The molecule has 1 fully saturated rings. The number of benzene rings is 1. The van der Waals surface area contributed by atoms with E-state index in [1.165, 1.54) is 38.5 Å². The number of nitrogens with zero attached hydrogens (tertiary/aromatic N) is 2. The molecule has 1 aliphatic rings. The Morgan fingerprint density at radius 2 is 1.81 bits per heavy atom. The zero-order valence-electron chi connectivity index (χ0n) is 21.9. The first-order valence-electron chi connectivity index (χ1n) is 12.8. The molecule has 7 nitrogen and oxygen atoms in total. The van der Waals surface area contributed by atoms with Gasteiger partial charge in [0.05, 0.1) is 19.6 Å². The van der Waals surface area contributed by atoms with Crippen LogP contribution in [0.3, 0.4) is 0 Å². The molecule has 2 atom stereocenters. The summed E-state index contributed by atoms with van der Waals surface area (Å²) >= 11 is 0. The van der Waals surface area contributed by atoms with Crippen molar-refractivity contribution in [3.63, 3.8) is 0 Å². The van der Waals surface area contributed by atoms with Crippen molar-refractivity contribution in [3.8, 4) is 11.8 Å². The van der Waals surface area contributed by atoms with Gasteiger partial charge in [-0.1, -0.05) is 50.5 Å². The number of carboxylic acids is 1. The van der Waals surface area contributed by atoms with Gasteiger partial charge in [0.1, 0.15) is 12.4 Å². The summed E-state index contributed by atoms with van der Waals surface area (Å²) in [6.07, 6.45) is 0.496. The number of hydrogen-bond donors (Lipinski definition) is 1. The summed E-state index contributed by atoms with van der Waals surface area (Å²) < 4.78 is 62.3. The van der Waals surface area contributed by atoms with Crippen LogP contribution in [0.5, 0.6) is 11.8 Å². The summed E-state index contributed by atoms with van der Waals surface area (Å²) in [7, 11) is 2.82. The molecule has 1 aromatic heterocycles. The lowest BCUT2D eigenvalue weighted by Gasteiger charge is -2.36. The molecule has 2 aromatic rings. The van der Waals surface area contributed by atoms with Crippen molar-refractivity contribution in [1.82, 2.24) is 9.55 Å². The van der Waals surface area contributed by atoms with Crippen molar-refractivity contribution in [2.24, 2.45) is 5.92 Å². The molecule has 0 spiro atoms. The average Bonchev–Trinajstić information content (AvgIpc) is 3.50. The van der Waals surface area contributed by atoms with Gasteiger partial charge in [0, 0.05) is 13.5 Å². The number of carboxylic acid groups (broad SMARTS) is 1. The second-order valence-electron chi connectivity index (χ2n) is 9.68. The minimum absolute atomic E-state index is 0.0142. The quantitative estimate of drug-likeness (QED) is 0.325. The molecule has 0 bridgehead atoms. The van der Waals surface area contributed by atoms with Gasteiger partial charge in [0.15, 0.2) is 5.54 Å². The zero-order valence-corrected chi connectivity index (χ0v) is 21.9. The van der Waals surface area contributed by atoms with Crippen molar-refractivity contribution in [2.45, 2.75) is 76.4 Å². The summed E-state index contributed by atoms with van der Waals surface area (Å²) in [6.45, 7) is 3.23. The minimum Gasteiger partial charge on any atom is -0.481 e. The van der Waals surface area contributed by atoms with E-state index < -0.39 is 23.6 Å². The van der Waals surface area contributed by atoms with Crippen LogP contribution in [0.4, 0.5) is 13.2 Å². The van der Waals surface area contributed by atoms with E-state index in [-0.39, 0.29) is 42.3 Å². The normalized spacial score (nSPS) is 16.9. The summed E-state index contributed by atoms with van der Waals surface area (Å²) in [4.78, 5) is 16.4. The van der Waals surface area contributed by atoms with Crippen LogP contribution in [0.15, 0.2) is 24.3 Å². The van der Waals surface area contributed by atoms with Crippen LogP contribution in [-0.2, 0) is 21.5 Å². The first-order chi connectivity index (χ1) is 17.6. The fourth-order valence-electron chi connectivity index (χ4n) is 5.21. The Morgan fingerprint density at radius 3 is 2.32 bits per heavy atom. The standard InChI is InChI=1S/C27H37F3N2O5/c1-5-6-11-21-31-23(36-4)24(37-17-16-35-3)32(21)26(2,27(28,29)30)20-14-12-19(13-15-20)22(25(33)34)18-9-7-8-10-18/h12-15,18,22H,5-11,16-17H2,1-4H3,(H,33,34). The van der Waals surface area contributed by atoms with E-state index in [9.17, 15) is 9.90 Å². The smallest absolute Gasteiger partial charge is 0.416 e. The molecular weight excluding hydrogens is 489 g/mol. The molecular formula is C27H37F3N2O5. The highest BCUT2D eigenvalue weighted by atomic mass is 19.4. The number of carbonyl (C=O) groups is 1. The van der Waals surface area contributed by atoms with E-state index in [1.54, 1.807) is 0 Å². The molecule has 10 heteroatoms. The molecule has 1 heterocycles. The maximum atomic E-state index is 15.0. The zero-order chi connectivity index (χ0) is 27.2. The minimum atomic E-state index is -4.74. The van der Waals surface area contributed by atoms with E-state index in [4.69, 9.17) is 14.2 Å². The van der Waals surface area contributed by atoms with Crippen LogP contribution < -0.4 is 9.47 Å². The molecule has 0 amide bonds. The van der Waals surface area contributed by atoms with Gasteiger partial charge in [-0.15, -0.1) is 0 Å². The Hall–Kier alpha value is -2.75. The summed E-state index contributed by atoms with van der Waals surface area (Å²) in [5.41, 5.74) is -2.08. The van der Waals surface area contributed by atoms with Crippen LogP contribution in [0.2, 0.25) is 0 Å². The van der Waals surface area contributed by atoms with Crippen molar-refractivity contribution in [2.75, 3.05) is 27.4 Å². The Morgan fingerprint density at radius 1 is 1.16 bits per heavy atom. The predicted octanol–water partition coefficient (Wildman–Crippen LogP) is 5.94. The van der Waals surface area contributed by atoms with Gasteiger partial charge in [-0.25, -0.2) is 0 Å². The number of alkyl halides is 3. The first kappa shape index (κ1) is 28.8. The van der Waals surface area contributed by atoms with Crippen molar-refractivity contribution >= 4 is 5.97 Å². The maximum absolute atomic E-state index is 15.0. The van der Waals surface area contributed by atoms with Crippen LogP contribution in [0.1, 0.15) is 75.2 Å². The second-order valence-corrected chi connectivity index (χ2v) is 9.68. The number of unbranched alkanes of at least 4 members (excludes halogenated alkanes) is 1. The molecule has 1 aliphatic carbocycles. The molecule has 1 N–H and O–H groups in total. The van der Waals surface area contributed by atoms with Crippen molar-refractivity contribution in [1.29, 1.82) is 0 Å². The number of aryl methyl sites for hydroxylation is 1. The molecule has 0 radical (unpaired) electrons. The van der Waals surface area contributed by atoms with Crippen LogP contribution in [0, 0.1) is 5.92 Å². The fourth-order valence-corrected chi connectivity index (χ4v) is 5.21. The van der Waals surface area contributed by atoms with Gasteiger partial charge in [-0.2, -0.15) is 18.2 Å². The SMILES string of the molecule is CCCCc1nc(OC)c(OCCOC)n1C(C)(c1ccc(C(C(=O)O)C2CCCC2)cc1)C(F)(F)F. The predicted molar refractivity (Wildman–Crippen MR) is 132 cm³/mol. The molecule has 1 saturated carbocycles. The van der Waals surface area contributed by atoms with Crippen molar-refractivity contribution in [3.05, 3.63) is 41.2 Å². The number of hydrogen-bond acceptors (Lipinski definition) is 5. The average molecular weight is 527 g/mol. The number of imidazole rings is 1. The molecule has 1 aromatic carbocycles. The van der Waals surface area contributed by atoms with E-state index in [2.05, 4.69) is 4.98 Å². The van der Waals surface area contributed by atoms with E-state index >= 15 is 13.2 Å². The van der Waals surface area contributed by atoms with Gasteiger partial charge in [-0.05, 0) is 43.2 Å². The third-order valence-electron chi connectivity index (χ3n) is 7.32. The monoisotopic (exact) mass is 526 g/mol. The van der Waals surface area contributed by atoms with Crippen molar-refractivity contribution < 1.29 is 37.3 Å². The van der Waals surface area contributed by atoms with E-state index in [1.807, 2.05) is 6.92 Å². The van der Waals surface area contributed by atoms with Gasteiger partial charge >= 0.3 is 12.1 Å². The van der Waals surface area contributed by atoms with Gasteiger partial charge < -0.3 is 19.3 Å². The molecule has 206 valence electrons. The lowest BCUT2D eigenvalue weighted by Crippen LogP contribution is -2.47. The molecule has 3 rings (SSSR count). The molecule has 37 heavy (non-hydrogen) atoms. The van der Waals surface area contributed by atoms with Gasteiger partial charge in [-0.3, -0.25) is 9.36 Å². The number of methoxy groups -OCH3 is 2. The largest absolute Gasteiger partial charge is 0.481 e. The molecule has 0 aliphatic heterocycles. The number of rotatable bonds is 13. The Balaban J connectivity index is 2.15. The van der Waals surface area contributed by atoms with Crippen LogP contribution in [0.25, 0.3) is 0 Å². The number of halogens is 3. The highest BCUT2D eigenvalue weighted by Gasteiger charge is 2.56. The topological polar surface area (TPSA) is 82.8 Å². The second kappa shape index (κ2) is 12.2. The van der Waals surface area contributed by atoms with Crippen LogP contribution >= 0.6 is 0 Å². The Labute approximate surface area is 215 Å². The van der Waals surface area contributed by atoms with E-state index in [0.717, 1.165) is 43.6 Å². The third-order valence-corrected chi connectivity index (χ3v) is 7.32. The highest BCUT2D eigenvalue weighted by molar-refractivity contribution is 5.76. The summed E-state index contributed by atoms with van der Waals surface area (Å²) in [5, 5.41) is 9.88. The third kappa shape index (κ3) is 5.89. The highest BCUT2D eigenvalue weighted by Crippen LogP contribution is 2.48. The molecule has 0 saturated heterocycles. The Bertz CT molecular complexity index is 1030. The number of aliphatic carboxylic acids is 1. The number of aromatic nitrogens is 2. The first-order valence-corrected chi connectivity index (χ1v) is 12.8. The lowest BCUT2D eigenvalue weighted by atomic mass is 9.83. The summed E-state index contributed by atoms with van der Waals surface area (Å²) in [6, 6.07) is 5.79. The number of ether oxygens (including phenoxy) is 3. The molecule has 2 unspecified atom stereocenters. The van der Waals surface area contributed by atoms with E-state index in [0.29, 0.717) is 18.4 Å². The maximum Gasteiger partial charge on any atom is 0.416 e. The lowest BCUT2D eigenvalue weighted by molar-refractivity contribution is -0.196. The Kier molecular flexibility index (Phi) is 9.50. The van der Waals surface area contributed by atoms with Gasteiger partial charge in [0.25, 0.3) is 11.8 Å². The summed E-state index contributed by atoms with van der Waals surface area (Å²) in [5.74, 6) is -1.66. The fraction of sp³-hybridized carbons (Fsp3) is 0.630. The van der Waals surface area contributed by atoms with Gasteiger partial charge in [0.2, 0.25) is 0 Å².